The molecule has 0 saturated carbocycles. The van der Waals surface area contributed by atoms with Gasteiger partial charge in [0.25, 0.3) is 0 Å². The predicted molar refractivity (Wildman–Crippen MR) is 86.8 cm³/mol. The number of aromatic nitrogens is 2. The number of nitrogen functional groups attached to an aromatic ring is 1. The van der Waals surface area contributed by atoms with Crippen LogP contribution in [0.4, 0.5) is 11.8 Å². The van der Waals surface area contributed by atoms with Crippen LogP contribution in [0.3, 0.4) is 0 Å². The number of nitrogens with one attached hydrogen (secondary N) is 1. The maximum atomic E-state index is 5.91. The van der Waals surface area contributed by atoms with E-state index in [1.807, 2.05) is 12.1 Å². The minimum atomic E-state index is 0.169. The molecule has 0 aromatic carbocycles. The van der Waals surface area contributed by atoms with Gasteiger partial charge in [-0.15, -0.1) is 0 Å². The molecule has 1 atom stereocenters. The summed E-state index contributed by atoms with van der Waals surface area (Å²) in [6.07, 6.45) is 5.46. The van der Waals surface area contributed by atoms with Gasteiger partial charge in [-0.1, -0.05) is 18.0 Å². The van der Waals surface area contributed by atoms with Crippen LogP contribution in [0.5, 0.6) is 0 Å². The minimum Gasteiger partial charge on any atom is -0.468 e. The summed E-state index contributed by atoms with van der Waals surface area (Å²) < 4.78 is 5.62. The Balaban J connectivity index is 1.72. The van der Waals surface area contributed by atoms with E-state index in [0.29, 0.717) is 17.5 Å². The van der Waals surface area contributed by atoms with Crippen LogP contribution in [-0.4, -0.2) is 34.5 Å². The van der Waals surface area contributed by atoms with Crippen LogP contribution in [0, 0.1) is 0 Å². The highest BCUT2D eigenvalue weighted by molar-refractivity contribution is 6.29. The fraction of sp³-hybridized carbons (Fsp3) is 0.467. The highest BCUT2D eigenvalue weighted by atomic mass is 35.5. The third-order valence-electron chi connectivity index (χ3n) is 3.89. The van der Waals surface area contributed by atoms with Crippen LogP contribution in [-0.2, 0) is 0 Å². The van der Waals surface area contributed by atoms with E-state index in [-0.39, 0.29) is 12.0 Å². The molecule has 118 valence electrons. The van der Waals surface area contributed by atoms with Gasteiger partial charge in [0, 0.05) is 12.6 Å². The molecule has 1 fully saturated rings. The van der Waals surface area contributed by atoms with Gasteiger partial charge in [-0.3, -0.25) is 4.90 Å². The SMILES string of the molecule is Nc1nc(Cl)cc(NC[C@@H](c2ccco2)N2CCCCC2)n1. The van der Waals surface area contributed by atoms with Crippen molar-refractivity contribution >= 4 is 23.4 Å². The van der Waals surface area contributed by atoms with Gasteiger partial charge in [0.2, 0.25) is 5.95 Å². The van der Waals surface area contributed by atoms with Crippen molar-refractivity contribution in [1.29, 1.82) is 0 Å². The lowest BCUT2D eigenvalue weighted by atomic mass is 10.1. The third kappa shape index (κ3) is 3.69. The van der Waals surface area contributed by atoms with E-state index in [1.165, 1.54) is 19.3 Å². The maximum Gasteiger partial charge on any atom is 0.223 e. The van der Waals surface area contributed by atoms with E-state index >= 15 is 0 Å². The molecule has 7 heteroatoms. The Bertz CT molecular complexity index is 578. The monoisotopic (exact) mass is 321 g/mol. The fourth-order valence-corrected chi connectivity index (χ4v) is 3.04. The number of halogens is 1. The van der Waals surface area contributed by atoms with Crippen LogP contribution < -0.4 is 11.1 Å². The first-order chi connectivity index (χ1) is 10.7. The molecule has 3 N–H and O–H groups in total. The first-order valence-electron chi connectivity index (χ1n) is 7.54. The molecule has 1 saturated heterocycles. The Morgan fingerprint density at radius 2 is 2.14 bits per heavy atom. The number of rotatable bonds is 5. The molecule has 22 heavy (non-hydrogen) atoms. The molecule has 0 amide bonds. The first kappa shape index (κ1) is 15.1. The fourth-order valence-electron chi connectivity index (χ4n) is 2.85. The molecule has 2 aromatic heterocycles. The average molecular weight is 322 g/mol. The molecule has 3 heterocycles. The zero-order valence-corrected chi connectivity index (χ0v) is 13.1. The van der Waals surface area contributed by atoms with Crippen LogP contribution in [0.1, 0.15) is 31.1 Å². The van der Waals surface area contributed by atoms with Crippen LogP contribution >= 0.6 is 11.6 Å². The summed E-state index contributed by atoms with van der Waals surface area (Å²) in [5.74, 6) is 1.76. The summed E-state index contributed by atoms with van der Waals surface area (Å²) in [6, 6.07) is 5.78. The van der Waals surface area contributed by atoms with Gasteiger partial charge in [-0.05, 0) is 38.1 Å². The number of nitrogens with two attached hydrogens (primary N) is 1. The highest BCUT2D eigenvalue weighted by Crippen LogP contribution is 2.25. The summed E-state index contributed by atoms with van der Waals surface area (Å²) in [6.45, 7) is 2.85. The van der Waals surface area contributed by atoms with Crippen molar-refractivity contribution < 1.29 is 4.42 Å². The summed E-state index contributed by atoms with van der Waals surface area (Å²) in [5, 5.41) is 3.63. The normalized spacial score (nSPS) is 17.3. The van der Waals surface area contributed by atoms with E-state index in [0.717, 1.165) is 18.8 Å². The first-order valence-corrected chi connectivity index (χ1v) is 7.91. The van der Waals surface area contributed by atoms with Crippen LogP contribution in [0.25, 0.3) is 0 Å². The van der Waals surface area contributed by atoms with Gasteiger partial charge >= 0.3 is 0 Å². The van der Waals surface area contributed by atoms with Gasteiger partial charge in [-0.25, -0.2) is 4.98 Å². The van der Waals surface area contributed by atoms with E-state index in [1.54, 1.807) is 12.3 Å². The van der Waals surface area contributed by atoms with Gasteiger partial charge in [0.05, 0.1) is 12.3 Å². The van der Waals surface area contributed by atoms with Crippen LogP contribution in [0.2, 0.25) is 5.15 Å². The number of anilines is 2. The topological polar surface area (TPSA) is 80.2 Å². The standard InChI is InChI=1S/C15H20ClN5O/c16-13-9-14(20-15(17)19-13)18-10-11(12-5-4-8-22-12)21-6-2-1-3-7-21/h4-5,8-9,11H,1-3,6-7,10H2,(H3,17,18,19,20)/t11-/m0/s1. The van der Waals surface area contributed by atoms with Crippen molar-refractivity contribution in [3.05, 3.63) is 35.4 Å². The number of furan rings is 1. The molecule has 0 aliphatic carbocycles. The molecule has 0 radical (unpaired) electrons. The Morgan fingerprint density at radius 3 is 2.82 bits per heavy atom. The molecule has 0 bridgehead atoms. The zero-order chi connectivity index (χ0) is 15.4. The molecule has 1 aliphatic rings. The highest BCUT2D eigenvalue weighted by Gasteiger charge is 2.24. The Kier molecular flexibility index (Phi) is 4.80. The van der Waals surface area contributed by atoms with Crippen molar-refractivity contribution in [3.8, 4) is 0 Å². The van der Waals surface area contributed by atoms with Crippen molar-refractivity contribution in [1.82, 2.24) is 14.9 Å². The summed E-state index contributed by atoms with van der Waals surface area (Å²) in [4.78, 5) is 10.5. The second-order valence-electron chi connectivity index (χ2n) is 5.44. The molecule has 1 aliphatic heterocycles. The Hall–Kier alpha value is -1.79. The summed E-state index contributed by atoms with van der Waals surface area (Å²) in [7, 11) is 0. The quantitative estimate of drug-likeness (QED) is 0.824. The maximum absolute atomic E-state index is 5.91. The molecule has 2 aromatic rings. The number of hydrogen-bond acceptors (Lipinski definition) is 6. The van der Waals surface area contributed by atoms with Crippen molar-refractivity contribution in [2.75, 3.05) is 30.7 Å². The number of likely N-dealkylation sites (tertiary alicyclic amines) is 1. The summed E-state index contributed by atoms with van der Waals surface area (Å²) in [5.41, 5.74) is 5.63. The molecule has 6 nitrogen and oxygen atoms in total. The molecular weight excluding hydrogens is 302 g/mol. The van der Waals surface area contributed by atoms with E-state index in [2.05, 4.69) is 20.2 Å². The van der Waals surface area contributed by atoms with Crippen molar-refractivity contribution in [2.45, 2.75) is 25.3 Å². The Labute approximate surface area is 134 Å². The van der Waals surface area contributed by atoms with Crippen molar-refractivity contribution in [3.63, 3.8) is 0 Å². The van der Waals surface area contributed by atoms with E-state index in [9.17, 15) is 0 Å². The second-order valence-corrected chi connectivity index (χ2v) is 5.83. The van der Waals surface area contributed by atoms with Gasteiger partial charge in [-0.2, -0.15) is 4.98 Å². The number of hydrogen-bond donors (Lipinski definition) is 2. The summed E-state index contributed by atoms with van der Waals surface area (Å²) >= 11 is 5.91. The van der Waals surface area contributed by atoms with E-state index < -0.39 is 0 Å². The lowest BCUT2D eigenvalue weighted by Crippen LogP contribution is -2.37. The predicted octanol–water partition coefficient (Wildman–Crippen LogP) is 2.94. The van der Waals surface area contributed by atoms with Crippen LogP contribution in [0.15, 0.2) is 28.9 Å². The molecule has 0 spiro atoms. The Morgan fingerprint density at radius 1 is 1.32 bits per heavy atom. The van der Waals surface area contributed by atoms with Crippen molar-refractivity contribution in [2.24, 2.45) is 0 Å². The molecule has 3 rings (SSSR count). The molecule has 0 unspecified atom stereocenters. The zero-order valence-electron chi connectivity index (χ0n) is 12.3. The number of nitrogens with zero attached hydrogens (tertiary/aromatic N) is 3. The smallest absolute Gasteiger partial charge is 0.223 e. The van der Waals surface area contributed by atoms with Gasteiger partial charge < -0.3 is 15.5 Å². The number of piperidine rings is 1. The molecular formula is C15H20ClN5O. The minimum absolute atomic E-state index is 0.169. The van der Waals surface area contributed by atoms with E-state index in [4.69, 9.17) is 21.8 Å². The lowest BCUT2D eigenvalue weighted by Gasteiger charge is -2.33. The largest absolute Gasteiger partial charge is 0.468 e. The second kappa shape index (κ2) is 6.98. The third-order valence-corrected chi connectivity index (χ3v) is 4.09. The van der Waals surface area contributed by atoms with Gasteiger partial charge in [0.1, 0.15) is 16.7 Å². The van der Waals surface area contributed by atoms with Gasteiger partial charge in [0.15, 0.2) is 0 Å². The lowest BCUT2D eigenvalue weighted by molar-refractivity contribution is 0.153. The average Bonchev–Trinajstić information content (AvgIpc) is 3.02.